The van der Waals surface area contributed by atoms with E-state index in [4.69, 9.17) is 4.42 Å². The Kier molecular flexibility index (Phi) is 5.09. The Morgan fingerprint density at radius 1 is 1.14 bits per heavy atom. The van der Waals surface area contributed by atoms with Crippen LogP contribution in [0.15, 0.2) is 51.9 Å². The Balaban J connectivity index is 1.63. The van der Waals surface area contributed by atoms with Gasteiger partial charge >= 0.3 is 0 Å². The van der Waals surface area contributed by atoms with E-state index in [2.05, 4.69) is 21.5 Å². The molecule has 6 nitrogen and oxygen atoms in total. The smallest absolute Gasteiger partial charge is 0.237 e. The van der Waals surface area contributed by atoms with Gasteiger partial charge in [0.15, 0.2) is 5.58 Å². The van der Waals surface area contributed by atoms with Gasteiger partial charge in [-0.25, -0.2) is 0 Å². The molecular weight excluding hydrogens is 372 g/mol. The van der Waals surface area contributed by atoms with Crippen LogP contribution >= 0.6 is 11.8 Å². The summed E-state index contributed by atoms with van der Waals surface area (Å²) in [5.41, 5.74) is 3.64. The lowest BCUT2D eigenvalue weighted by atomic mass is 10.3. The SMILES string of the molecule is CCc1nnc(SCC(=O)N(CC)c2ccccc2)c2cc3oc(C)cc3n12. The number of furan rings is 1. The minimum atomic E-state index is 0.0457. The van der Waals surface area contributed by atoms with Gasteiger partial charge < -0.3 is 9.32 Å². The second kappa shape index (κ2) is 7.67. The normalized spacial score (nSPS) is 11.4. The zero-order valence-electron chi connectivity index (χ0n) is 16.2. The zero-order chi connectivity index (χ0) is 19.7. The number of para-hydroxylation sites is 1. The van der Waals surface area contributed by atoms with Gasteiger partial charge in [-0.05, 0) is 26.0 Å². The molecule has 0 unspecified atom stereocenters. The van der Waals surface area contributed by atoms with Crippen LogP contribution in [0.3, 0.4) is 0 Å². The first-order valence-electron chi connectivity index (χ1n) is 9.37. The minimum absolute atomic E-state index is 0.0457. The van der Waals surface area contributed by atoms with Crippen molar-refractivity contribution in [2.45, 2.75) is 32.2 Å². The van der Waals surface area contributed by atoms with Gasteiger partial charge in [-0.3, -0.25) is 9.20 Å². The van der Waals surface area contributed by atoms with Crippen molar-refractivity contribution in [2.75, 3.05) is 17.2 Å². The average molecular weight is 395 g/mol. The number of fused-ring (bicyclic) bond motifs is 3. The van der Waals surface area contributed by atoms with Crippen LogP contribution < -0.4 is 4.90 Å². The van der Waals surface area contributed by atoms with Crippen molar-refractivity contribution >= 4 is 40.0 Å². The van der Waals surface area contributed by atoms with Gasteiger partial charge in [-0.2, -0.15) is 0 Å². The van der Waals surface area contributed by atoms with Crippen LogP contribution in [0, 0.1) is 6.92 Å². The number of benzene rings is 1. The van der Waals surface area contributed by atoms with Crippen LogP contribution in [-0.2, 0) is 11.2 Å². The molecule has 3 aromatic heterocycles. The molecule has 0 N–H and O–H groups in total. The molecule has 0 aliphatic rings. The van der Waals surface area contributed by atoms with Crippen molar-refractivity contribution < 1.29 is 9.21 Å². The molecule has 0 atom stereocenters. The number of nitrogens with zero attached hydrogens (tertiary/aromatic N) is 4. The number of thioether (sulfide) groups is 1. The highest BCUT2D eigenvalue weighted by atomic mass is 32.2. The van der Waals surface area contributed by atoms with Crippen LogP contribution in [0.2, 0.25) is 0 Å². The van der Waals surface area contributed by atoms with Gasteiger partial charge in [0.1, 0.15) is 16.6 Å². The average Bonchev–Trinajstić information content (AvgIpc) is 3.24. The lowest BCUT2D eigenvalue weighted by Gasteiger charge is -2.20. The van der Waals surface area contributed by atoms with Gasteiger partial charge in [0.05, 0.1) is 16.8 Å². The molecule has 0 bridgehead atoms. The van der Waals surface area contributed by atoms with Crippen molar-refractivity contribution in [1.82, 2.24) is 14.6 Å². The van der Waals surface area contributed by atoms with Crippen molar-refractivity contribution in [3.63, 3.8) is 0 Å². The first-order chi connectivity index (χ1) is 13.6. The molecule has 0 fully saturated rings. The Labute approximate surface area is 167 Å². The number of aromatic nitrogens is 3. The standard InChI is InChI=1S/C21H22N4O2S/c1-4-19-22-23-21(17-12-18-16(25(17)19)11-14(3)27-18)28-13-20(26)24(5-2)15-9-7-6-8-10-15/h6-12H,4-5,13H2,1-3H3. The number of aryl methyl sites for hydroxylation is 2. The molecular formula is C21H22N4O2S. The minimum Gasteiger partial charge on any atom is -0.460 e. The second-order valence-electron chi connectivity index (χ2n) is 6.51. The molecule has 28 heavy (non-hydrogen) atoms. The van der Waals surface area contributed by atoms with E-state index >= 15 is 0 Å². The number of anilines is 1. The quantitative estimate of drug-likeness (QED) is 0.451. The zero-order valence-corrected chi connectivity index (χ0v) is 17.0. The lowest BCUT2D eigenvalue weighted by Crippen LogP contribution is -2.32. The first kappa shape index (κ1) is 18.6. The summed E-state index contributed by atoms with van der Waals surface area (Å²) in [6.45, 7) is 6.59. The van der Waals surface area contributed by atoms with E-state index in [1.165, 1.54) is 11.8 Å². The van der Waals surface area contributed by atoms with E-state index in [9.17, 15) is 4.79 Å². The summed E-state index contributed by atoms with van der Waals surface area (Å²) in [6, 6.07) is 13.7. The molecule has 7 heteroatoms. The maximum Gasteiger partial charge on any atom is 0.237 e. The number of amides is 1. The van der Waals surface area contributed by atoms with Gasteiger partial charge in [-0.1, -0.05) is 36.9 Å². The van der Waals surface area contributed by atoms with E-state index in [1.807, 2.05) is 56.3 Å². The Morgan fingerprint density at radius 3 is 2.64 bits per heavy atom. The molecule has 1 amide bonds. The van der Waals surface area contributed by atoms with E-state index in [1.54, 1.807) is 4.90 Å². The highest BCUT2D eigenvalue weighted by Crippen LogP contribution is 2.30. The van der Waals surface area contributed by atoms with E-state index in [-0.39, 0.29) is 5.91 Å². The van der Waals surface area contributed by atoms with E-state index in [0.29, 0.717) is 12.3 Å². The fourth-order valence-electron chi connectivity index (χ4n) is 3.40. The molecule has 1 aromatic carbocycles. The molecule has 0 spiro atoms. The van der Waals surface area contributed by atoms with Crippen molar-refractivity contribution in [3.8, 4) is 0 Å². The van der Waals surface area contributed by atoms with Crippen molar-refractivity contribution in [3.05, 3.63) is 54.0 Å². The number of hydrogen-bond donors (Lipinski definition) is 0. The molecule has 0 aliphatic carbocycles. The summed E-state index contributed by atoms with van der Waals surface area (Å²) < 4.78 is 7.87. The van der Waals surface area contributed by atoms with Crippen LogP contribution in [0.1, 0.15) is 25.4 Å². The monoisotopic (exact) mass is 394 g/mol. The highest BCUT2D eigenvalue weighted by molar-refractivity contribution is 8.00. The molecule has 144 valence electrons. The summed E-state index contributed by atoms with van der Waals surface area (Å²) in [5, 5.41) is 9.50. The Hall–Kier alpha value is -2.80. The van der Waals surface area contributed by atoms with Crippen LogP contribution in [0.5, 0.6) is 0 Å². The molecule has 0 saturated carbocycles. The maximum atomic E-state index is 12.8. The van der Waals surface area contributed by atoms with Gasteiger partial charge in [-0.15, -0.1) is 10.2 Å². The van der Waals surface area contributed by atoms with Gasteiger partial charge in [0.25, 0.3) is 0 Å². The fourth-order valence-corrected chi connectivity index (χ4v) is 4.21. The van der Waals surface area contributed by atoms with E-state index < -0.39 is 0 Å². The number of rotatable bonds is 6. The predicted octanol–water partition coefficient (Wildman–Crippen LogP) is 4.49. The highest BCUT2D eigenvalue weighted by Gasteiger charge is 2.19. The molecule has 0 saturated heterocycles. The summed E-state index contributed by atoms with van der Waals surface area (Å²) in [5.74, 6) is 2.08. The molecule has 0 radical (unpaired) electrons. The Morgan fingerprint density at radius 2 is 1.93 bits per heavy atom. The Bertz CT molecular complexity index is 1130. The summed E-state index contributed by atoms with van der Waals surface area (Å²) in [7, 11) is 0. The van der Waals surface area contributed by atoms with Gasteiger partial charge in [0, 0.05) is 30.8 Å². The lowest BCUT2D eigenvalue weighted by molar-refractivity contribution is -0.116. The summed E-state index contributed by atoms with van der Waals surface area (Å²) in [4.78, 5) is 14.6. The molecule has 0 aliphatic heterocycles. The molecule has 4 rings (SSSR count). The van der Waals surface area contributed by atoms with Crippen LogP contribution in [0.25, 0.3) is 16.6 Å². The summed E-state index contributed by atoms with van der Waals surface area (Å²) in [6.07, 6.45) is 0.763. The topological polar surface area (TPSA) is 63.6 Å². The number of hydrogen-bond acceptors (Lipinski definition) is 5. The van der Waals surface area contributed by atoms with Crippen LogP contribution in [-0.4, -0.2) is 32.8 Å². The van der Waals surface area contributed by atoms with Crippen molar-refractivity contribution in [1.29, 1.82) is 0 Å². The van der Waals surface area contributed by atoms with Gasteiger partial charge in [0.2, 0.25) is 5.91 Å². The third-order valence-corrected chi connectivity index (χ3v) is 5.64. The largest absolute Gasteiger partial charge is 0.460 e. The first-order valence-corrected chi connectivity index (χ1v) is 10.4. The molecule has 3 heterocycles. The van der Waals surface area contributed by atoms with Crippen molar-refractivity contribution in [2.24, 2.45) is 0 Å². The maximum absolute atomic E-state index is 12.8. The van der Waals surface area contributed by atoms with Crippen LogP contribution in [0.4, 0.5) is 5.69 Å². The predicted molar refractivity (Wildman–Crippen MR) is 112 cm³/mol. The third-order valence-electron chi connectivity index (χ3n) is 4.68. The fraction of sp³-hybridized carbons (Fsp3) is 0.286. The number of carbonyl (C=O) groups is 1. The second-order valence-corrected chi connectivity index (χ2v) is 7.47. The summed E-state index contributed by atoms with van der Waals surface area (Å²) >= 11 is 1.41. The van der Waals surface area contributed by atoms with E-state index in [0.717, 1.165) is 45.3 Å². The number of carbonyl (C=O) groups excluding carboxylic acids is 1. The third kappa shape index (κ3) is 3.26. The molecule has 4 aromatic rings.